The van der Waals surface area contributed by atoms with Gasteiger partial charge in [-0.15, -0.1) is 11.3 Å². The van der Waals surface area contributed by atoms with Crippen molar-refractivity contribution in [1.82, 2.24) is 4.57 Å². The highest BCUT2D eigenvalue weighted by atomic mass is 32.1. The van der Waals surface area contributed by atoms with E-state index in [1.807, 2.05) is 11.3 Å². The van der Waals surface area contributed by atoms with E-state index in [0.717, 1.165) is 0 Å². The van der Waals surface area contributed by atoms with Crippen molar-refractivity contribution in [3.63, 3.8) is 0 Å². The van der Waals surface area contributed by atoms with Crippen LogP contribution < -0.4 is 20.7 Å². The van der Waals surface area contributed by atoms with Crippen LogP contribution in [-0.2, 0) is 10.8 Å². The number of rotatable bonds is 6. The van der Waals surface area contributed by atoms with Crippen molar-refractivity contribution >= 4 is 82.1 Å². The summed E-state index contributed by atoms with van der Waals surface area (Å²) in [5.41, 5.74) is 9.47. The third-order valence-corrected chi connectivity index (χ3v) is 19.6. The summed E-state index contributed by atoms with van der Waals surface area (Å²) in [5, 5.41) is 10.8. The Balaban J connectivity index is 1.16. The molecule has 0 unspecified atom stereocenters. The fourth-order valence-electron chi connectivity index (χ4n) is 10.5. The quantitative estimate of drug-likeness (QED) is 0.117. The van der Waals surface area contributed by atoms with Gasteiger partial charge in [0.15, 0.2) is 8.07 Å². The minimum atomic E-state index is -2.80. The molecule has 0 aliphatic heterocycles. The molecule has 1 aliphatic carbocycles. The molecular formula is C56H47NSSi. The standard InChI is InChI=1S/C56H47NSSi/c1-55(2)35-36-56(3,4)50-37-42(33-34-49(50)55)59(39-17-7-5-8-18-39,40-19-9-6-10-20-40)41-31-29-38(30-32-41)57-51-27-13-11-21-43(51)45-23-15-24-46(53(45)57)48-26-16-25-47-44-22-12-14-28-52(44)58-54(47)48/h5-34,37H,35-36H2,1-4H3. The summed E-state index contributed by atoms with van der Waals surface area (Å²) in [7, 11) is -2.80. The number of hydrogen-bond donors (Lipinski definition) is 0. The molecule has 0 fully saturated rings. The van der Waals surface area contributed by atoms with Crippen molar-refractivity contribution in [3.8, 4) is 16.8 Å². The van der Waals surface area contributed by atoms with Crippen LogP contribution in [0.25, 0.3) is 58.8 Å². The van der Waals surface area contributed by atoms with Gasteiger partial charge in [-0.25, -0.2) is 0 Å². The zero-order chi connectivity index (χ0) is 39.9. The topological polar surface area (TPSA) is 4.93 Å². The van der Waals surface area contributed by atoms with E-state index in [1.54, 1.807) is 0 Å². The van der Waals surface area contributed by atoms with E-state index in [0.29, 0.717) is 0 Å². The maximum atomic E-state index is 2.63. The van der Waals surface area contributed by atoms with E-state index >= 15 is 0 Å². The van der Waals surface area contributed by atoms with Crippen LogP contribution in [0.3, 0.4) is 0 Å². The molecule has 59 heavy (non-hydrogen) atoms. The van der Waals surface area contributed by atoms with Crippen LogP contribution in [-0.4, -0.2) is 12.6 Å². The smallest absolute Gasteiger partial charge is 0.179 e. The molecule has 0 saturated heterocycles. The molecule has 0 saturated carbocycles. The third-order valence-electron chi connectivity index (χ3n) is 13.6. The van der Waals surface area contributed by atoms with Gasteiger partial charge in [-0.05, 0) is 79.8 Å². The minimum absolute atomic E-state index is 0.104. The molecule has 3 heteroatoms. The van der Waals surface area contributed by atoms with Crippen molar-refractivity contribution < 1.29 is 0 Å². The lowest BCUT2D eigenvalue weighted by Gasteiger charge is -2.43. The second-order valence-corrected chi connectivity index (χ2v) is 22.8. The highest BCUT2D eigenvalue weighted by Crippen LogP contribution is 2.46. The zero-order valence-corrected chi connectivity index (χ0v) is 36.0. The lowest BCUT2D eigenvalue weighted by atomic mass is 9.63. The molecule has 2 aromatic heterocycles. The van der Waals surface area contributed by atoms with Gasteiger partial charge in [0.1, 0.15) is 0 Å². The van der Waals surface area contributed by atoms with E-state index in [2.05, 4.69) is 220 Å². The molecule has 1 aliphatic rings. The lowest BCUT2D eigenvalue weighted by Crippen LogP contribution is -2.74. The number of nitrogens with zero attached hydrogens (tertiary/aromatic N) is 1. The Morgan fingerprint density at radius 1 is 0.441 bits per heavy atom. The number of fused-ring (bicyclic) bond motifs is 7. The number of thiophene rings is 1. The molecule has 11 rings (SSSR count). The molecule has 0 amide bonds. The summed E-state index contributed by atoms with van der Waals surface area (Å²) in [6.45, 7) is 9.77. The molecule has 0 radical (unpaired) electrons. The van der Waals surface area contributed by atoms with E-state index in [-0.39, 0.29) is 10.8 Å². The van der Waals surface area contributed by atoms with Gasteiger partial charge in [0.2, 0.25) is 0 Å². The van der Waals surface area contributed by atoms with Crippen molar-refractivity contribution in [3.05, 3.63) is 199 Å². The molecule has 10 aromatic rings. The van der Waals surface area contributed by atoms with Gasteiger partial charge in [-0.1, -0.05) is 191 Å². The largest absolute Gasteiger partial charge is 0.309 e. The van der Waals surface area contributed by atoms with Crippen LogP contribution in [0.1, 0.15) is 51.7 Å². The number of hydrogen-bond acceptors (Lipinski definition) is 1. The zero-order valence-electron chi connectivity index (χ0n) is 34.2. The first-order valence-corrected chi connectivity index (χ1v) is 23.9. The van der Waals surface area contributed by atoms with Crippen LogP contribution in [0.5, 0.6) is 0 Å². The first-order chi connectivity index (χ1) is 28.8. The average molecular weight is 794 g/mol. The molecule has 0 N–H and O–H groups in total. The van der Waals surface area contributed by atoms with Crippen LogP contribution in [0, 0.1) is 0 Å². The second kappa shape index (κ2) is 13.5. The van der Waals surface area contributed by atoms with Crippen LogP contribution in [0.2, 0.25) is 0 Å². The molecule has 0 bridgehead atoms. The Labute approximate surface area is 352 Å². The van der Waals surface area contributed by atoms with Crippen LogP contribution >= 0.6 is 11.3 Å². The number of aromatic nitrogens is 1. The Bertz CT molecular complexity index is 3160. The molecule has 0 atom stereocenters. The summed E-state index contributed by atoms with van der Waals surface area (Å²) in [6, 6.07) is 71.6. The van der Waals surface area contributed by atoms with E-state index in [1.165, 1.54) is 104 Å². The van der Waals surface area contributed by atoms with Gasteiger partial charge in [0, 0.05) is 47.8 Å². The second-order valence-electron chi connectivity index (χ2n) is 17.9. The summed E-state index contributed by atoms with van der Waals surface area (Å²) < 4.78 is 5.19. The van der Waals surface area contributed by atoms with Gasteiger partial charge < -0.3 is 4.57 Å². The monoisotopic (exact) mass is 793 g/mol. The lowest BCUT2D eigenvalue weighted by molar-refractivity contribution is 0.332. The number of benzene rings is 8. The van der Waals surface area contributed by atoms with Gasteiger partial charge in [0.25, 0.3) is 0 Å². The minimum Gasteiger partial charge on any atom is -0.309 e. The van der Waals surface area contributed by atoms with Crippen molar-refractivity contribution in [2.24, 2.45) is 0 Å². The fourth-order valence-corrected chi connectivity index (χ4v) is 16.5. The third kappa shape index (κ3) is 5.48. The first-order valence-electron chi connectivity index (χ1n) is 21.1. The average Bonchev–Trinajstić information content (AvgIpc) is 3.83. The summed E-state index contributed by atoms with van der Waals surface area (Å²) in [6.07, 6.45) is 2.39. The molecule has 286 valence electrons. The van der Waals surface area contributed by atoms with Gasteiger partial charge in [-0.2, -0.15) is 0 Å². The normalized spacial score (nSPS) is 14.9. The van der Waals surface area contributed by atoms with Crippen molar-refractivity contribution in [1.29, 1.82) is 0 Å². The summed E-state index contributed by atoms with van der Waals surface area (Å²) >= 11 is 1.90. The van der Waals surface area contributed by atoms with Gasteiger partial charge >= 0.3 is 0 Å². The van der Waals surface area contributed by atoms with Crippen molar-refractivity contribution in [2.45, 2.75) is 51.4 Å². The Morgan fingerprint density at radius 3 is 1.69 bits per heavy atom. The van der Waals surface area contributed by atoms with E-state index < -0.39 is 8.07 Å². The molecule has 2 heterocycles. The van der Waals surface area contributed by atoms with Gasteiger partial charge in [0.05, 0.1) is 11.0 Å². The molecule has 1 nitrogen and oxygen atoms in total. The van der Waals surface area contributed by atoms with Crippen molar-refractivity contribution in [2.75, 3.05) is 0 Å². The maximum Gasteiger partial charge on any atom is 0.179 e. The summed E-state index contributed by atoms with van der Waals surface area (Å²) in [4.78, 5) is 0. The van der Waals surface area contributed by atoms with E-state index in [4.69, 9.17) is 0 Å². The van der Waals surface area contributed by atoms with E-state index in [9.17, 15) is 0 Å². The SMILES string of the molecule is CC1(C)CCC(C)(C)c2cc([Si](c3ccccc3)(c3ccccc3)c3ccc(-n4c5ccccc5c5cccc(-c6cccc7c6sc6ccccc67)c54)cc3)ccc21. The van der Waals surface area contributed by atoms with Crippen LogP contribution in [0.4, 0.5) is 0 Å². The number of para-hydroxylation sites is 2. The van der Waals surface area contributed by atoms with Gasteiger partial charge in [-0.3, -0.25) is 0 Å². The molecule has 8 aromatic carbocycles. The Kier molecular flexibility index (Phi) is 8.28. The first kappa shape index (κ1) is 36.1. The predicted molar refractivity (Wildman–Crippen MR) is 258 cm³/mol. The maximum absolute atomic E-state index is 2.80. The highest BCUT2D eigenvalue weighted by molar-refractivity contribution is 7.26. The Morgan fingerprint density at radius 2 is 0.983 bits per heavy atom. The molecule has 0 spiro atoms. The highest BCUT2D eigenvalue weighted by Gasteiger charge is 2.44. The van der Waals surface area contributed by atoms with Crippen LogP contribution in [0.15, 0.2) is 188 Å². The predicted octanol–water partition coefficient (Wildman–Crippen LogP) is 12.5. The Hall–Kier alpha value is -6.00. The molecular weight excluding hydrogens is 747 g/mol. The summed E-state index contributed by atoms with van der Waals surface area (Å²) in [5.74, 6) is 0. The fraction of sp³-hybridized carbons (Fsp3) is 0.143.